The Hall–Kier alpha value is -3.15. The molecule has 2 heterocycles. The molecular formula is C29H38N4O2. The molecule has 0 aliphatic carbocycles. The highest BCUT2D eigenvalue weighted by Crippen LogP contribution is 2.33. The number of rotatable bonds is 9. The van der Waals surface area contributed by atoms with Gasteiger partial charge in [-0.25, -0.2) is 4.98 Å². The van der Waals surface area contributed by atoms with E-state index >= 15 is 0 Å². The van der Waals surface area contributed by atoms with Gasteiger partial charge < -0.3 is 14.4 Å². The van der Waals surface area contributed by atoms with Crippen molar-refractivity contribution in [2.45, 2.75) is 84.8 Å². The minimum atomic E-state index is -0.0611. The van der Waals surface area contributed by atoms with Crippen LogP contribution in [0, 0.1) is 0 Å². The van der Waals surface area contributed by atoms with Gasteiger partial charge in [-0.1, -0.05) is 37.6 Å². The van der Waals surface area contributed by atoms with Crippen molar-refractivity contribution in [1.29, 1.82) is 0 Å². The molecule has 4 rings (SSSR count). The summed E-state index contributed by atoms with van der Waals surface area (Å²) >= 11 is 0. The summed E-state index contributed by atoms with van der Waals surface area (Å²) in [4.78, 5) is 35.1. The maximum absolute atomic E-state index is 13.4. The molecule has 35 heavy (non-hydrogen) atoms. The van der Waals surface area contributed by atoms with Gasteiger partial charge in [-0.05, 0) is 70.4 Å². The number of carbonyl (C=O) groups excluding carboxylic acids is 2. The number of carbonyl (C=O) groups is 2. The summed E-state index contributed by atoms with van der Waals surface area (Å²) in [5.74, 6) is 0.937. The molecular weight excluding hydrogens is 436 g/mol. The van der Waals surface area contributed by atoms with Crippen LogP contribution in [0.1, 0.15) is 71.2 Å². The van der Waals surface area contributed by atoms with Crippen LogP contribution in [0.25, 0.3) is 11.0 Å². The molecule has 1 atom stereocenters. The van der Waals surface area contributed by atoms with E-state index in [0.717, 1.165) is 29.0 Å². The van der Waals surface area contributed by atoms with Gasteiger partial charge >= 0.3 is 0 Å². The van der Waals surface area contributed by atoms with Crippen molar-refractivity contribution in [2.24, 2.45) is 0 Å². The number of para-hydroxylation sites is 2. The zero-order valence-corrected chi connectivity index (χ0v) is 21.7. The lowest BCUT2D eigenvalue weighted by molar-refractivity contribution is -0.135. The molecule has 2 aromatic carbocycles. The Morgan fingerprint density at radius 2 is 1.74 bits per heavy atom. The number of fused-ring (bicyclic) bond motifs is 1. The normalized spacial score (nSPS) is 16.1. The van der Waals surface area contributed by atoms with Crippen LogP contribution < -0.4 is 4.90 Å². The van der Waals surface area contributed by atoms with E-state index in [1.807, 2.05) is 66.3 Å². The topological polar surface area (TPSA) is 58.4 Å². The third kappa shape index (κ3) is 5.26. The molecule has 0 bridgehead atoms. The van der Waals surface area contributed by atoms with Gasteiger partial charge in [-0.15, -0.1) is 0 Å². The molecule has 0 spiro atoms. The summed E-state index contributed by atoms with van der Waals surface area (Å²) in [5.41, 5.74) is 4.04. The third-order valence-electron chi connectivity index (χ3n) is 6.94. The van der Waals surface area contributed by atoms with Crippen LogP contribution in [0.5, 0.6) is 0 Å². The Labute approximate surface area is 208 Å². The molecule has 1 aromatic heterocycles. The van der Waals surface area contributed by atoms with Gasteiger partial charge in [-0.3, -0.25) is 9.59 Å². The van der Waals surface area contributed by atoms with Crippen LogP contribution in [0.4, 0.5) is 5.69 Å². The predicted octanol–water partition coefficient (Wildman–Crippen LogP) is 5.54. The minimum Gasteiger partial charge on any atom is -0.336 e. The molecule has 0 saturated carbocycles. The highest BCUT2D eigenvalue weighted by atomic mass is 16.2. The van der Waals surface area contributed by atoms with Crippen molar-refractivity contribution >= 4 is 28.5 Å². The Bertz CT molecular complexity index is 1170. The Morgan fingerprint density at radius 3 is 2.40 bits per heavy atom. The molecule has 1 saturated heterocycles. The standard InChI is InChI=1S/C29H38N4O2/c1-6-7-10-22-13-15-24(16-14-22)31-18-23(17-27(31)34)29-30-25-11-8-9-12-26(25)32(29)19-28(35)33(20(2)3)21(4)5/h8-9,11-16,20-21,23H,6-7,10,17-19H2,1-5H3/t23-/m0/s1. The van der Waals surface area contributed by atoms with Crippen LogP contribution in [-0.4, -0.2) is 44.9 Å². The van der Waals surface area contributed by atoms with Crippen molar-refractivity contribution in [2.75, 3.05) is 11.4 Å². The number of hydrogen-bond acceptors (Lipinski definition) is 3. The van der Waals surface area contributed by atoms with Gasteiger partial charge in [0.2, 0.25) is 11.8 Å². The first kappa shape index (κ1) is 25.0. The molecule has 6 heteroatoms. The van der Waals surface area contributed by atoms with E-state index in [1.165, 1.54) is 18.4 Å². The summed E-state index contributed by atoms with van der Waals surface area (Å²) in [5, 5.41) is 0. The molecule has 0 unspecified atom stereocenters. The molecule has 1 aliphatic rings. The summed E-state index contributed by atoms with van der Waals surface area (Å²) in [7, 11) is 0. The van der Waals surface area contributed by atoms with Crippen LogP contribution >= 0.6 is 0 Å². The highest BCUT2D eigenvalue weighted by molar-refractivity contribution is 5.96. The molecule has 0 radical (unpaired) electrons. The molecule has 186 valence electrons. The SMILES string of the molecule is CCCCc1ccc(N2C[C@@H](c3nc4ccccc4n3CC(=O)N(C(C)C)C(C)C)CC2=O)cc1. The number of hydrogen-bond donors (Lipinski definition) is 0. The van der Waals surface area contributed by atoms with E-state index < -0.39 is 0 Å². The van der Waals surface area contributed by atoms with Crippen LogP contribution in [0.3, 0.4) is 0 Å². The quantitative estimate of drug-likeness (QED) is 0.409. The first-order chi connectivity index (χ1) is 16.8. The fourth-order valence-corrected chi connectivity index (χ4v) is 5.31. The molecule has 1 aliphatic heterocycles. The van der Waals surface area contributed by atoms with Gasteiger partial charge in [0.25, 0.3) is 0 Å². The second-order valence-corrected chi connectivity index (χ2v) is 10.2. The maximum Gasteiger partial charge on any atom is 0.243 e. The monoisotopic (exact) mass is 474 g/mol. The predicted molar refractivity (Wildman–Crippen MR) is 142 cm³/mol. The zero-order chi connectivity index (χ0) is 25.1. The van der Waals surface area contributed by atoms with Gasteiger partial charge in [0, 0.05) is 36.7 Å². The minimum absolute atomic E-state index is 0.0611. The summed E-state index contributed by atoms with van der Waals surface area (Å²) in [6.45, 7) is 11.2. The van der Waals surface area contributed by atoms with Crippen LogP contribution in [0.15, 0.2) is 48.5 Å². The highest BCUT2D eigenvalue weighted by Gasteiger charge is 2.35. The second kappa shape index (κ2) is 10.6. The van der Waals surface area contributed by atoms with E-state index in [9.17, 15) is 9.59 Å². The molecule has 1 fully saturated rings. The first-order valence-corrected chi connectivity index (χ1v) is 13.0. The zero-order valence-electron chi connectivity index (χ0n) is 21.7. The van der Waals surface area contributed by atoms with Gasteiger partial charge in [0.05, 0.1) is 11.0 Å². The fourth-order valence-electron chi connectivity index (χ4n) is 5.31. The number of amides is 2. The molecule has 2 amide bonds. The van der Waals surface area contributed by atoms with E-state index in [4.69, 9.17) is 4.98 Å². The van der Waals surface area contributed by atoms with Crippen molar-refractivity contribution in [3.05, 3.63) is 59.9 Å². The largest absolute Gasteiger partial charge is 0.336 e. The van der Waals surface area contributed by atoms with Crippen molar-refractivity contribution in [1.82, 2.24) is 14.5 Å². The van der Waals surface area contributed by atoms with Gasteiger partial charge in [-0.2, -0.15) is 0 Å². The third-order valence-corrected chi connectivity index (χ3v) is 6.94. The van der Waals surface area contributed by atoms with Gasteiger partial charge in [0.1, 0.15) is 12.4 Å². The van der Waals surface area contributed by atoms with E-state index in [1.54, 1.807) is 0 Å². The van der Waals surface area contributed by atoms with Crippen LogP contribution in [-0.2, 0) is 22.6 Å². The number of aromatic nitrogens is 2. The number of imidazole rings is 1. The van der Waals surface area contributed by atoms with Crippen molar-refractivity contribution in [3.8, 4) is 0 Å². The summed E-state index contributed by atoms with van der Waals surface area (Å²) < 4.78 is 2.03. The average Bonchev–Trinajstić information content (AvgIpc) is 3.38. The number of benzene rings is 2. The number of anilines is 1. The summed E-state index contributed by atoms with van der Waals surface area (Å²) in [6.07, 6.45) is 3.80. The molecule has 3 aromatic rings. The number of nitrogens with zero attached hydrogens (tertiary/aromatic N) is 4. The number of aryl methyl sites for hydroxylation is 1. The lowest BCUT2D eigenvalue weighted by Crippen LogP contribution is -2.44. The second-order valence-electron chi connectivity index (χ2n) is 10.2. The van der Waals surface area contributed by atoms with Crippen molar-refractivity contribution < 1.29 is 9.59 Å². The lowest BCUT2D eigenvalue weighted by Gasteiger charge is -2.31. The smallest absolute Gasteiger partial charge is 0.243 e. The van der Waals surface area contributed by atoms with E-state index in [2.05, 4.69) is 31.2 Å². The number of unbranched alkanes of at least 4 members (excludes halogenated alkanes) is 1. The Balaban J connectivity index is 1.61. The lowest BCUT2D eigenvalue weighted by atomic mass is 10.1. The Morgan fingerprint density at radius 1 is 1.06 bits per heavy atom. The first-order valence-electron chi connectivity index (χ1n) is 13.0. The average molecular weight is 475 g/mol. The van der Waals surface area contributed by atoms with E-state index in [0.29, 0.717) is 13.0 Å². The van der Waals surface area contributed by atoms with Crippen molar-refractivity contribution in [3.63, 3.8) is 0 Å². The fraction of sp³-hybridized carbons (Fsp3) is 0.483. The Kier molecular flexibility index (Phi) is 7.58. The molecule has 0 N–H and O–H groups in total. The maximum atomic E-state index is 13.4. The summed E-state index contributed by atoms with van der Waals surface area (Å²) in [6, 6.07) is 16.5. The van der Waals surface area contributed by atoms with Gasteiger partial charge in [0.15, 0.2) is 0 Å². The van der Waals surface area contributed by atoms with E-state index in [-0.39, 0.29) is 36.4 Å². The van der Waals surface area contributed by atoms with Crippen LogP contribution in [0.2, 0.25) is 0 Å². The molecule has 6 nitrogen and oxygen atoms in total.